The topological polar surface area (TPSA) is 41.1 Å². The van der Waals surface area contributed by atoms with Crippen LogP contribution in [0.25, 0.3) is 0 Å². The molecule has 3 rings (SSSR count). The van der Waals surface area contributed by atoms with E-state index in [0.717, 1.165) is 29.2 Å². The molecule has 0 amide bonds. The summed E-state index contributed by atoms with van der Waals surface area (Å²) in [5.41, 5.74) is 1.13. The molecule has 1 aromatic rings. The third-order valence-corrected chi connectivity index (χ3v) is 4.17. The van der Waals surface area contributed by atoms with Crippen molar-refractivity contribution in [3.05, 3.63) is 5.69 Å². The van der Waals surface area contributed by atoms with Crippen molar-refractivity contribution in [3.8, 4) is 0 Å². The Hall–Kier alpha value is -0.680. The van der Waals surface area contributed by atoms with Gasteiger partial charge in [-0.1, -0.05) is 4.49 Å². The Labute approximate surface area is 100 Å². The molecule has 5 heteroatoms. The van der Waals surface area contributed by atoms with Gasteiger partial charge in [-0.2, -0.15) is 0 Å². The molecule has 0 aliphatic heterocycles. The average Bonchev–Trinajstić information content (AvgIpc) is 3.17. The van der Waals surface area contributed by atoms with Crippen LogP contribution < -0.4 is 5.32 Å². The molecule has 0 atom stereocenters. The lowest BCUT2D eigenvalue weighted by Crippen LogP contribution is -2.28. The fraction of sp³-hybridized carbons (Fsp3) is 0.818. The van der Waals surface area contributed by atoms with E-state index in [4.69, 9.17) is 0 Å². The van der Waals surface area contributed by atoms with Gasteiger partial charge in [0, 0.05) is 37.7 Å². The van der Waals surface area contributed by atoms with Crippen molar-refractivity contribution in [2.45, 2.75) is 38.3 Å². The van der Waals surface area contributed by atoms with Crippen LogP contribution in [-0.2, 0) is 6.54 Å². The molecule has 4 nitrogen and oxygen atoms in total. The number of nitrogens with one attached hydrogen (secondary N) is 1. The van der Waals surface area contributed by atoms with Gasteiger partial charge in [0.2, 0.25) is 0 Å². The predicted molar refractivity (Wildman–Crippen MR) is 65.6 cm³/mol. The Morgan fingerprint density at radius 1 is 1.38 bits per heavy atom. The van der Waals surface area contributed by atoms with Crippen LogP contribution in [0.15, 0.2) is 0 Å². The number of anilines is 1. The molecule has 0 unspecified atom stereocenters. The van der Waals surface area contributed by atoms with Gasteiger partial charge in [0.25, 0.3) is 0 Å². The maximum Gasteiger partial charge on any atom is 0.134 e. The molecule has 2 fully saturated rings. The summed E-state index contributed by atoms with van der Waals surface area (Å²) in [6, 6.07) is 0.826. The summed E-state index contributed by atoms with van der Waals surface area (Å²) in [4.78, 5) is 2.61. The summed E-state index contributed by atoms with van der Waals surface area (Å²) in [6.07, 6.45) is 5.60. The Morgan fingerprint density at radius 2 is 2.19 bits per heavy atom. The molecule has 2 aliphatic rings. The lowest BCUT2D eigenvalue weighted by molar-refractivity contribution is 0.241. The molecule has 1 aromatic heterocycles. The number of rotatable bonds is 6. The number of nitrogens with zero attached hydrogens (tertiary/aromatic N) is 3. The normalized spacial score (nSPS) is 20.4. The van der Waals surface area contributed by atoms with E-state index in [1.54, 1.807) is 0 Å². The van der Waals surface area contributed by atoms with Crippen LogP contribution in [0.4, 0.5) is 5.00 Å². The lowest BCUT2D eigenvalue weighted by atomic mass is 10.3. The Bertz CT molecular complexity index is 357. The molecule has 0 spiro atoms. The first-order valence-electron chi connectivity index (χ1n) is 6.10. The van der Waals surface area contributed by atoms with Gasteiger partial charge in [0.05, 0.1) is 0 Å². The minimum absolute atomic E-state index is 0.826. The SMILES string of the molecule is CNc1snnc1CN(CC1CC1)C1CC1. The second-order valence-corrected chi connectivity index (χ2v) is 5.66. The fourth-order valence-electron chi connectivity index (χ4n) is 2.11. The quantitative estimate of drug-likeness (QED) is 0.822. The van der Waals surface area contributed by atoms with Crippen LogP contribution in [0.3, 0.4) is 0 Å². The van der Waals surface area contributed by atoms with Crippen LogP contribution in [0.1, 0.15) is 31.4 Å². The third-order valence-electron chi connectivity index (χ3n) is 3.39. The van der Waals surface area contributed by atoms with Crippen LogP contribution in [0.5, 0.6) is 0 Å². The van der Waals surface area contributed by atoms with Crippen molar-refractivity contribution >= 4 is 16.5 Å². The zero-order valence-corrected chi connectivity index (χ0v) is 10.5. The summed E-state index contributed by atoms with van der Waals surface area (Å²) < 4.78 is 4.02. The van der Waals surface area contributed by atoms with Gasteiger partial charge in [-0.3, -0.25) is 4.90 Å². The smallest absolute Gasteiger partial charge is 0.134 e. The molecule has 0 saturated heterocycles. The van der Waals surface area contributed by atoms with E-state index < -0.39 is 0 Å². The van der Waals surface area contributed by atoms with Gasteiger partial charge in [-0.15, -0.1) is 5.10 Å². The molecule has 1 heterocycles. The second-order valence-electron chi connectivity index (χ2n) is 4.90. The summed E-state index contributed by atoms with van der Waals surface area (Å²) in [5.74, 6) is 0.963. The standard InChI is InChI=1S/C11H18N4S/c1-12-11-10(13-14-16-11)7-15(9-4-5-9)6-8-2-3-8/h8-9,12H,2-7H2,1H3. The van der Waals surface area contributed by atoms with Gasteiger partial charge in [0.1, 0.15) is 10.7 Å². The van der Waals surface area contributed by atoms with E-state index in [1.165, 1.54) is 43.8 Å². The van der Waals surface area contributed by atoms with Gasteiger partial charge >= 0.3 is 0 Å². The van der Waals surface area contributed by atoms with Gasteiger partial charge < -0.3 is 5.32 Å². The first-order chi connectivity index (χ1) is 7.86. The van der Waals surface area contributed by atoms with Gasteiger partial charge in [-0.25, -0.2) is 0 Å². The Balaban J connectivity index is 1.65. The molecular formula is C11H18N4S. The minimum Gasteiger partial charge on any atom is -0.377 e. The van der Waals surface area contributed by atoms with Crippen molar-refractivity contribution in [1.29, 1.82) is 0 Å². The average molecular weight is 238 g/mol. The zero-order chi connectivity index (χ0) is 11.0. The Kier molecular flexibility index (Phi) is 2.81. The first kappa shape index (κ1) is 10.5. The molecule has 16 heavy (non-hydrogen) atoms. The number of aromatic nitrogens is 2. The molecule has 88 valence electrons. The summed E-state index contributed by atoms with van der Waals surface area (Å²) in [5, 5.41) is 8.53. The number of hydrogen-bond donors (Lipinski definition) is 1. The van der Waals surface area contributed by atoms with Crippen molar-refractivity contribution in [2.24, 2.45) is 5.92 Å². The monoisotopic (exact) mass is 238 g/mol. The van der Waals surface area contributed by atoms with Crippen molar-refractivity contribution < 1.29 is 0 Å². The van der Waals surface area contributed by atoms with E-state index in [9.17, 15) is 0 Å². The second kappa shape index (κ2) is 4.30. The lowest BCUT2D eigenvalue weighted by Gasteiger charge is -2.20. The maximum atomic E-state index is 4.23. The van der Waals surface area contributed by atoms with Gasteiger partial charge in [0.15, 0.2) is 0 Å². The van der Waals surface area contributed by atoms with Crippen LogP contribution in [0, 0.1) is 5.92 Å². The largest absolute Gasteiger partial charge is 0.377 e. The molecule has 0 radical (unpaired) electrons. The summed E-state index contributed by atoms with van der Waals surface area (Å²) >= 11 is 1.46. The van der Waals surface area contributed by atoms with Crippen molar-refractivity contribution in [1.82, 2.24) is 14.5 Å². The van der Waals surface area contributed by atoms with E-state index in [-0.39, 0.29) is 0 Å². The van der Waals surface area contributed by atoms with E-state index in [1.807, 2.05) is 7.05 Å². The van der Waals surface area contributed by atoms with Crippen molar-refractivity contribution in [2.75, 3.05) is 18.9 Å². The molecule has 2 saturated carbocycles. The highest BCUT2D eigenvalue weighted by atomic mass is 32.1. The van der Waals surface area contributed by atoms with Crippen LogP contribution in [0.2, 0.25) is 0 Å². The van der Waals surface area contributed by atoms with Crippen molar-refractivity contribution in [3.63, 3.8) is 0 Å². The molecule has 0 aromatic carbocycles. The highest BCUT2D eigenvalue weighted by molar-refractivity contribution is 7.10. The summed E-state index contributed by atoms with van der Waals surface area (Å²) in [6.45, 7) is 2.25. The highest BCUT2D eigenvalue weighted by Gasteiger charge is 2.34. The van der Waals surface area contributed by atoms with E-state index in [0.29, 0.717) is 0 Å². The maximum absolute atomic E-state index is 4.23. The van der Waals surface area contributed by atoms with E-state index >= 15 is 0 Å². The molecule has 2 aliphatic carbocycles. The van der Waals surface area contributed by atoms with Crippen LogP contribution in [-0.4, -0.2) is 34.1 Å². The molecule has 0 bridgehead atoms. The van der Waals surface area contributed by atoms with E-state index in [2.05, 4.69) is 19.8 Å². The minimum atomic E-state index is 0.826. The van der Waals surface area contributed by atoms with Crippen LogP contribution >= 0.6 is 11.5 Å². The zero-order valence-electron chi connectivity index (χ0n) is 9.65. The number of hydrogen-bond acceptors (Lipinski definition) is 5. The van der Waals surface area contributed by atoms with Gasteiger partial charge in [-0.05, 0) is 31.6 Å². The Morgan fingerprint density at radius 3 is 2.81 bits per heavy atom. The summed E-state index contributed by atoms with van der Waals surface area (Å²) in [7, 11) is 1.95. The molecular weight excluding hydrogens is 220 g/mol. The first-order valence-corrected chi connectivity index (χ1v) is 6.87. The highest BCUT2D eigenvalue weighted by Crippen LogP contribution is 2.36. The third kappa shape index (κ3) is 2.35. The predicted octanol–water partition coefficient (Wildman–Crippen LogP) is 1.95. The molecule has 1 N–H and O–H groups in total. The fourth-order valence-corrected chi connectivity index (χ4v) is 2.63.